The van der Waals surface area contributed by atoms with Crippen LogP contribution in [0, 0.1) is 0 Å². The predicted molar refractivity (Wildman–Crippen MR) is 71.9 cm³/mol. The number of fused-ring (bicyclic) bond motifs is 1. The normalized spacial score (nSPS) is 15.9. The molecule has 90 valence electrons. The van der Waals surface area contributed by atoms with Gasteiger partial charge in [0.2, 0.25) is 0 Å². The Balaban J connectivity index is 1.80. The molecule has 0 aliphatic heterocycles. The molecule has 0 spiro atoms. The van der Waals surface area contributed by atoms with Crippen LogP contribution in [-0.4, -0.2) is 44.1 Å². The Morgan fingerprint density at radius 1 is 1.41 bits per heavy atom. The zero-order valence-corrected chi connectivity index (χ0v) is 11.7. The number of hydrogen-bond donors (Lipinski definition) is 1. The Bertz CT molecular complexity index is 530. The fourth-order valence-electron chi connectivity index (χ4n) is 2.31. The van der Waals surface area contributed by atoms with Crippen molar-refractivity contribution in [3.63, 3.8) is 0 Å². The van der Waals surface area contributed by atoms with Crippen molar-refractivity contribution in [1.29, 1.82) is 0 Å². The molecule has 0 atom stereocenters. The van der Waals surface area contributed by atoms with Crippen LogP contribution in [0.25, 0.3) is 9.65 Å². The Labute approximate surface area is 108 Å². The first-order valence-electron chi connectivity index (χ1n) is 6.14. The molecule has 2 aromatic rings. The molecule has 0 bridgehead atoms. The molecule has 1 aliphatic carbocycles. The van der Waals surface area contributed by atoms with Crippen molar-refractivity contribution in [3.05, 3.63) is 28.7 Å². The number of benzene rings is 1. The predicted octanol–water partition coefficient (Wildman–Crippen LogP) is 2.24. The molecule has 1 fully saturated rings. The van der Waals surface area contributed by atoms with Gasteiger partial charge in [0.1, 0.15) is 0 Å². The summed E-state index contributed by atoms with van der Waals surface area (Å²) in [6, 6.07) is 6.72. The fraction of sp³-hybridized carbons (Fsp3) is 0.429. The second-order valence-electron chi connectivity index (χ2n) is 4.87. The maximum atomic E-state index is 9.94. The molecule has 0 amide bonds. The summed E-state index contributed by atoms with van der Waals surface area (Å²) in [4.78, 5) is 4.78. The summed E-state index contributed by atoms with van der Waals surface area (Å²) in [5.74, 6) is 0.460. The van der Waals surface area contributed by atoms with Crippen molar-refractivity contribution < 1.29 is 5.11 Å². The van der Waals surface area contributed by atoms with E-state index in [0.717, 1.165) is 24.4 Å². The Morgan fingerprint density at radius 2 is 2.24 bits per heavy atom. The van der Waals surface area contributed by atoms with E-state index in [1.165, 1.54) is 22.7 Å². The zero-order valence-electron chi connectivity index (χ0n) is 10.0. The summed E-state index contributed by atoms with van der Waals surface area (Å²) >= 11 is 0.418. The SMILES string of the molecule is CN(CCc1c[se]c2cccc(O)c12)C1CC1. The van der Waals surface area contributed by atoms with E-state index >= 15 is 0 Å². The van der Waals surface area contributed by atoms with Crippen molar-refractivity contribution in [2.45, 2.75) is 25.3 Å². The maximum absolute atomic E-state index is 9.94. The first-order chi connectivity index (χ1) is 8.25. The second-order valence-corrected chi connectivity index (χ2v) is 6.78. The fourth-order valence-corrected chi connectivity index (χ4v) is 4.44. The molecule has 17 heavy (non-hydrogen) atoms. The molecule has 3 heteroatoms. The topological polar surface area (TPSA) is 23.5 Å². The number of rotatable bonds is 4. The van der Waals surface area contributed by atoms with Crippen LogP contribution >= 0.6 is 0 Å². The summed E-state index contributed by atoms with van der Waals surface area (Å²) in [5, 5.41) is 11.1. The molecule has 3 rings (SSSR count). The van der Waals surface area contributed by atoms with Crippen molar-refractivity contribution in [2.24, 2.45) is 0 Å². The van der Waals surface area contributed by atoms with Crippen LogP contribution in [0.1, 0.15) is 18.4 Å². The summed E-state index contributed by atoms with van der Waals surface area (Å²) in [5.41, 5.74) is 1.35. The Hall–Kier alpha value is -0.761. The summed E-state index contributed by atoms with van der Waals surface area (Å²) in [6.07, 6.45) is 3.79. The van der Waals surface area contributed by atoms with Crippen LogP contribution in [0.5, 0.6) is 5.75 Å². The zero-order chi connectivity index (χ0) is 11.8. The quantitative estimate of drug-likeness (QED) is 0.874. The molecule has 1 saturated carbocycles. The van der Waals surface area contributed by atoms with Gasteiger partial charge in [0.05, 0.1) is 0 Å². The van der Waals surface area contributed by atoms with Crippen LogP contribution in [-0.2, 0) is 6.42 Å². The van der Waals surface area contributed by atoms with Gasteiger partial charge < -0.3 is 0 Å². The third kappa shape index (κ3) is 2.28. The minimum atomic E-state index is 0.418. The first kappa shape index (κ1) is 11.3. The van der Waals surface area contributed by atoms with E-state index in [-0.39, 0.29) is 0 Å². The molecular formula is C14H17NOSe. The molecule has 1 aliphatic rings. The van der Waals surface area contributed by atoms with Gasteiger partial charge >= 0.3 is 108 Å². The van der Waals surface area contributed by atoms with Crippen LogP contribution in [0.4, 0.5) is 0 Å². The van der Waals surface area contributed by atoms with Crippen molar-refractivity contribution in [2.75, 3.05) is 13.6 Å². The first-order valence-corrected chi connectivity index (χ1v) is 7.98. The third-order valence-electron chi connectivity index (χ3n) is 3.56. The molecule has 0 unspecified atom stereocenters. The third-order valence-corrected chi connectivity index (χ3v) is 5.65. The van der Waals surface area contributed by atoms with E-state index in [1.807, 2.05) is 6.07 Å². The van der Waals surface area contributed by atoms with Gasteiger partial charge in [-0.3, -0.25) is 0 Å². The van der Waals surface area contributed by atoms with Gasteiger partial charge in [0.15, 0.2) is 0 Å². The standard InChI is InChI=1S/C14H17NOSe/c1-15(11-5-6-11)8-7-10-9-17-13-4-2-3-12(16)14(10)13/h2-4,9,11,16H,5-8H2,1H3. The second kappa shape index (κ2) is 4.49. The van der Waals surface area contributed by atoms with Crippen LogP contribution < -0.4 is 0 Å². The van der Waals surface area contributed by atoms with Gasteiger partial charge in [-0.05, 0) is 0 Å². The van der Waals surface area contributed by atoms with Gasteiger partial charge in [0.25, 0.3) is 0 Å². The van der Waals surface area contributed by atoms with Crippen LogP contribution in [0.15, 0.2) is 23.1 Å². The average Bonchev–Trinajstić information content (AvgIpc) is 3.08. The average molecular weight is 294 g/mol. The number of nitrogens with zero attached hydrogens (tertiary/aromatic N) is 1. The summed E-state index contributed by atoms with van der Waals surface area (Å²) < 4.78 is 1.33. The molecule has 2 nitrogen and oxygen atoms in total. The molecule has 0 saturated heterocycles. The van der Waals surface area contributed by atoms with E-state index in [1.54, 1.807) is 6.07 Å². The molecule has 1 aromatic heterocycles. The van der Waals surface area contributed by atoms with Crippen LogP contribution in [0.2, 0.25) is 0 Å². The van der Waals surface area contributed by atoms with Crippen LogP contribution in [0.3, 0.4) is 0 Å². The number of hydrogen-bond acceptors (Lipinski definition) is 2. The van der Waals surface area contributed by atoms with E-state index < -0.39 is 0 Å². The molecular weight excluding hydrogens is 277 g/mol. The number of aromatic hydroxyl groups is 1. The molecule has 0 radical (unpaired) electrons. The van der Waals surface area contributed by atoms with Crippen molar-refractivity contribution in [1.82, 2.24) is 4.90 Å². The van der Waals surface area contributed by atoms with Gasteiger partial charge in [-0.2, -0.15) is 0 Å². The van der Waals surface area contributed by atoms with Gasteiger partial charge in [-0.1, -0.05) is 0 Å². The summed E-state index contributed by atoms with van der Waals surface area (Å²) in [7, 11) is 2.21. The monoisotopic (exact) mass is 295 g/mol. The van der Waals surface area contributed by atoms with Gasteiger partial charge in [0, 0.05) is 0 Å². The number of phenols is 1. The Kier molecular flexibility index (Phi) is 2.99. The van der Waals surface area contributed by atoms with E-state index in [4.69, 9.17) is 0 Å². The summed E-state index contributed by atoms with van der Waals surface area (Å²) in [6.45, 7) is 1.11. The van der Waals surface area contributed by atoms with E-state index in [9.17, 15) is 5.11 Å². The molecule has 1 N–H and O–H groups in total. The van der Waals surface area contributed by atoms with Gasteiger partial charge in [-0.15, -0.1) is 0 Å². The Morgan fingerprint density at radius 3 is 3.00 bits per heavy atom. The molecule has 1 heterocycles. The minimum absolute atomic E-state index is 0.418. The van der Waals surface area contributed by atoms with Crippen molar-refractivity contribution in [3.8, 4) is 5.75 Å². The van der Waals surface area contributed by atoms with E-state index in [0.29, 0.717) is 20.3 Å². The van der Waals surface area contributed by atoms with Crippen molar-refractivity contribution >= 4 is 24.1 Å². The van der Waals surface area contributed by atoms with E-state index in [2.05, 4.69) is 23.0 Å². The van der Waals surface area contributed by atoms with Gasteiger partial charge in [-0.25, -0.2) is 0 Å². The number of phenolic OH excluding ortho intramolecular Hbond substituents is 1. The number of likely N-dealkylation sites (N-methyl/N-ethyl adjacent to an activating group) is 1. The molecule has 1 aromatic carbocycles.